The molecule has 1 aromatic rings. The molecule has 14 heavy (non-hydrogen) atoms. The molecule has 1 rings (SSSR count). The van der Waals surface area contributed by atoms with E-state index >= 15 is 0 Å². The van der Waals surface area contributed by atoms with Crippen LogP contribution in [0.5, 0.6) is 5.75 Å². The highest BCUT2D eigenvalue weighted by Crippen LogP contribution is 2.17. The predicted octanol–water partition coefficient (Wildman–Crippen LogP) is 1.99. The normalized spacial score (nSPS) is 12.2. The standard InChI is InChI=1S/C10H11FO3/c1-6-3-4-8(5-9(6)11)14-7(2)10(12)13/h3-5,7H,1-2H3,(H,12,13)/t7-/m0/s1. The van der Waals surface area contributed by atoms with Crippen LogP contribution in [0.25, 0.3) is 0 Å². The van der Waals surface area contributed by atoms with Gasteiger partial charge in [0.05, 0.1) is 0 Å². The minimum absolute atomic E-state index is 0.225. The van der Waals surface area contributed by atoms with Crippen molar-refractivity contribution in [3.63, 3.8) is 0 Å². The Morgan fingerprint density at radius 2 is 2.21 bits per heavy atom. The molecule has 1 N–H and O–H groups in total. The van der Waals surface area contributed by atoms with Crippen LogP contribution < -0.4 is 4.74 Å². The Morgan fingerprint density at radius 1 is 1.57 bits per heavy atom. The smallest absolute Gasteiger partial charge is 0.344 e. The van der Waals surface area contributed by atoms with Crippen LogP contribution in [0.15, 0.2) is 18.2 Å². The summed E-state index contributed by atoms with van der Waals surface area (Å²) >= 11 is 0. The van der Waals surface area contributed by atoms with Crippen molar-refractivity contribution in [3.8, 4) is 5.75 Å². The number of aryl methyl sites for hydroxylation is 1. The van der Waals surface area contributed by atoms with E-state index in [2.05, 4.69) is 0 Å². The lowest BCUT2D eigenvalue weighted by atomic mass is 10.2. The Morgan fingerprint density at radius 3 is 2.71 bits per heavy atom. The summed E-state index contributed by atoms with van der Waals surface area (Å²) in [6.45, 7) is 3.01. The van der Waals surface area contributed by atoms with Crippen LogP contribution in [0.3, 0.4) is 0 Å². The summed E-state index contributed by atoms with van der Waals surface area (Å²) in [5.74, 6) is -1.26. The lowest BCUT2D eigenvalue weighted by molar-refractivity contribution is -0.144. The molecule has 0 radical (unpaired) electrons. The number of carboxylic acids is 1. The van der Waals surface area contributed by atoms with Gasteiger partial charge in [0.1, 0.15) is 11.6 Å². The second-order valence-corrected chi connectivity index (χ2v) is 3.01. The molecule has 1 atom stereocenters. The Kier molecular flexibility index (Phi) is 3.06. The maximum Gasteiger partial charge on any atom is 0.344 e. The van der Waals surface area contributed by atoms with Gasteiger partial charge >= 0.3 is 5.97 Å². The lowest BCUT2D eigenvalue weighted by Gasteiger charge is -2.10. The fraction of sp³-hybridized carbons (Fsp3) is 0.300. The molecule has 0 aliphatic carbocycles. The van der Waals surface area contributed by atoms with Crippen LogP contribution >= 0.6 is 0 Å². The van der Waals surface area contributed by atoms with Gasteiger partial charge in [-0.3, -0.25) is 0 Å². The molecule has 4 heteroatoms. The molecule has 0 heterocycles. The van der Waals surface area contributed by atoms with Gasteiger partial charge in [-0.2, -0.15) is 0 Å². The van der Waals surface area contributed by atoms with E-state index in [0.717, 1.165) is 0 Å². The summed E-state index contributed by atoms with van der Waals surface area (Å²) < 4.78 is 18.0. The number of benzene rings is 1. The first kappa shape index (κ1) is 10.5. The van der Waals surface area contributed by atoms with Gasteiger partial charge < -0.3 is 9.84 Å². The average Bonchev–Trinajstić information content (AvgIpc) is 2.11. The molecule has 0 fully saturated rings. The summed E-state index contributed by atoms with van der Waals surface area (Å²) in [4.78, 5) is 10.4. The average molecular weight is 198 g/mol. The van der Waals surface area contributed by atoms with E-state index in [1.54, 1.807) is 13.0 Å². The van der Waals surface area contributed by atoms with Crippen molar-refractivity contribution in [3.05, 3.63) is 29.6 Å². The van der Waals surface area contributed by atoms with Crippen LogP contribution in [-0.4, -0.2) is 17.2 Å². The van der Waals surface area contributed by atoms with Crippen molar-refractivity contribution in [1.29, 1.82) is 0 Å². The topological polar surface area (TPSA) is 46.5 Å². The third kappa shape index (κ3) is 2.45. The molecular formula is C10H11FO3. The third-order valence-electron chi connectivity index (χ3n) is 1.80. The highest BCUT2D eigenvalue weighted by Gasteiger charge is 2.12. The van der Waals surface area contributed by atoms with Crippen LogP contribution in [0, 0.1) is 12.7 Å². The molecule has 1 aromatic carbocycles. The van der Waals surface area contributed by atoms with Crippen LogP contribution in [-0.2, 0) is 4.79 Å². The molecule has 0 saturated heterocycles. The van der Waals surface area contributed by atoms with Crippen molar-refractivity contribution in [2.45, 2.75) is 20.0 Å². The number of hydrogen-bond acceptors (Lipinski definition) is 2. The number of ether oxygens (including phenoxy) is 1. The SMILES string of the molecule is Cc1ccc(O[C@@H](C)C(=O)O)cc1F. The van der Waals surface area contributed by atoms with E-state index in [9.17, 15) is 9.18 Å². The number of aliphatic carboxylic acids is 1. The summed E-state index contributed by atoms with van der Waals surface area (Å²) in [6, 6.07) is 4.26. The zero-order valence-corrected chi connectivity index (χ0v) is 7.95. The van der Waals surface area contributed by atoms with Crippen LogP contribution in [0.1, 0.15) is 12.5 Å². The van der Waals surface area contributed by atoms with Gasteiger partial charge in [-0.05, 0) is 25.5 Å². The van der Waals surface area contributed by atoms with Crippen molar-refractivity contribution in [2.24, 2.45) is 0 Å². The first-order valence-electron chi connectivity index (χ1n) is 4.16. The van der Waals surface area contributed by atoms with Gasteiger partial charge in [0.2, 0.25) is 0 Å². The minimum Gasteiger partial charge on any atom is -0.479 e. The molecule has 0 unspecified atom stereocenters. The van der Waals surface area contributed by atoms with Crippen LogP contribution in [0.4, 0.5) is 4.39 Å². The van der Waals surface area contributed by atoms with Crippen molar-refractivity contribution in [1.82, 2.24) is 0 Å². The molecule has 0 bridgehead atoms. The Balaban J connectivity index is 2.78. The molecule has 0 aliphatic rings. The molecule has 0 aromatic heterocycles. The lowest BCUT2D eigenvalue weighted by Crippen LogP contribution is -2.22. The quantitative estimate of drug-likeness (QED) is 0.807. The van der Waals surface area contributed by atoms with E-state index in [4.69, 9.17) is 9.84 Å². The van der Waals surface area contributed by atoms with Crippen molar-refractivity contribution in [2.75, 3.05) is 0 Å². The van der Waals surface area contributed by atoms with Gasteiger partial charge in [0.25, 0.3) is 0 Å². The molecule has 3 nitrogen and oxygen atoms in total. The molecular weight excluding hydrogens is 187 g/mol. The van der Waals surface area contributed by atoms with Crippen LogP contribution in [0.2, 0.25) is 0 Å². The predicted molar refractivity (Wildman–Crippen MR) is 48.9 cm³/mol. The third-order valence-corrected chi connectivity index (χ3v) is 1.80. The Hall–Kier alpha value is -1.58. The maximum atomic E-state index is 13.0. The van der Waals surface area contributed by atoms with E-state index < -0.39 is 17.9 Å². The highest BCUT2D eigenvalue weighted by atomic mass is 19.1. The summed E-state index contributed by atoms with van der Waals surface area (Å²) in [6.07, 6.45) is -0.975. The molecule has 0 aliphatic heterocycles. The number of hydrogen-bond donors (Lipinski definition) is 1. The summed E-state index contributed by atoms with van der Waals surface area (Å²) in [5, 5.41) is 8.55. The van der Waals surface area contributed by atoms with Crippen molar-refractivity contribution < 1.29 is 19.0 Å². The zero-order valence-electron chi connectivity index (χ0n) is 7.95. The Bertz CT molecular complexity index is 349. The highest BCUT2D eigenvalue weighted by molar-refractivity contribution is 5.72. The monoisotopic (exact) mass is 198 g/mol. The van der Waals surface area contributed by atoms with E-state index in [1.165, 1.54) is 19.1 Å². The fourth-order valence-corrected chi connectivity index (χ4v) is 0.901. The summed E-state index contributed by atoms with van der Waals surface area (Å²) in [7, 11) is 0. The van der Waals surface area contributed by atoms with E-state index in [-0.39, 0.29) is 5.75 Å². The minimum atomic E-state index is -1.08. The zero-order chi connectivity index (χ0) is 10.7. The number of carboxylic acid groups (broad SMARTS) is 1. The molecule has 0 saturated carbocycles. The summed E-state index contributed by atoms with van der Waals surface area (Å²) in [5.41, 5.74) is 0.500. The second kappa shape index (κ2) is 4.09. The van der Waals surface area contributed by atoms with Gasteiger partial charge in [0, 0.05) is 6.07 Å². The van der Waals surface area contributed by atoms with Crippen molar-refractivity contribution >= 4 is 5.97 Å². The fourth-order valence-electron chi connectivity index (χ4n) is 0.901. The molecule has 76 valence electrons. The first-order valence-corrected chi connectivity index (χ1v) is 4.16. The molecule has 0 amide bonds. The first-order chi connectivity index (χ1) is 6.50. The van der Waals surface area contributed by atoms with Gasteiger partial charge in [0.15, 0.2) is 6.10 Å². The maximum absolute atomic E-state index is 13.0. The number of rotatable bonds is 3. The Labute approximate surface area is 81.1 Å². The van der Waals surface area contributed by atoms with Gasteiger partial charge in [-0.15, -0.1) is 0 Å². The van der Waals surface area contributed by atoms with E-state index in [1.807, 2.05) is 0 Å². The largest absolute Gasteiger partial charge is 0.479 e. The van der Waals surface area contributed by atoms with E-state index in [0.29, 0.717) is 5.56 Å². The number of halogens is 1. The molecule has 0 spiro atoms. The van der Waals surface area contributed by atoms with Gasteiger partial charge in [-0.25, -0.2) is 9.18 Å². The van der Waals surface area contributed by atoms with Gasteiger partial charge in [-0.1, -0.05) is 6.07 Å². The second-order valence-electron chi connectivity index (χ2n) is 3.01. The number of carbonyl (C=O) groups is 1.